The van der Waals surface area contributed by atoms with Gasteiger partial charge in [0.15, 0.2) is 0 Å². The molecule has 2 saturated heterocycles. The molecule has 5 nitrogen and oxygen atoms in total. The van der Waals surface area contributed by atoms with Gasteiger partial charge in [-0.05, 0) is 42.7 Å². The van der Waals surface area contributed by atoms with E-state index in [1.165, 1.54) is 0 Å². The highest BCUT2D eigenvalue weighted by molar-refractivity contribution is 6.31. The van der Waals surface area contributed by atoms with Gasteiger partial charge < -0.3 is 14.5 Å². The van der Waals surface area contributed by atoms with Crippen LogP contribution in [0, 0.1) is 6.92 Å². The summed E-state index contributed by atoms with van der Waals surface area (Å²) in [7, 11) is 1.84. The van der Waals surface area contributed by atoms with Gasteiger partial charge >= 0.3 is 0 Å². The van der Waals surface area contributed by atoms with Crippen LogP contribution >= 0.6 is 11.6 Å². The van der Waals surface area contributed by atoms with Crippen LogP contribution in [0.1, 0.15) is 27.9 Å². The lowest BCUT2D eigenvalue weighted by Gasteiger charge is -2.54. The van der Waals surface area contributed by atoms with Crippen molar-refractivity contribution in [3.05, 3.63) is 70.2 Å². The molecule has 0 spiro atoms. The Hall–Kier alpha value is -2.37. The minimum atomic E-state index is -0.558. The van der Waals surface area contributed by atoms with Gasteiger partial charge in [0.25, 0.3) is 5.91 Å². The van der Waals surface area contributed by atoms with Crippen molar-refractivity contribution in [2.75, 3.05) is 26.7 Å². The number of nitrogens with zero attached hydrogens (tertiary/aromatic N) is 2. The van der Waals surface area contributed by atoms with Gasteiger partial charge in [-0.2, -0.15) is 0 Å². The fraction of sp³-hybridized carbons (Fsp3) is 0.364. The van der Waals surface area contributed by atoms with E-state index < -0.39 is 5.54 Å². The smallest absolute Gasteiger partial charge is 0.254 e. The average Bonchev–Trinajstić information content (AvgIpc) is 2.70. The van der Waals surface area contributed by atoms with Crippen LogP contribution in [0.4, 0.5) is 0 Å². The SMILES string of the molecule is Cc1cc(Cl)cc(C(=O)N2CC[C@]3(c4ccccc4)[C@@H](C2)OCC(=O)N3C)c1. The van der Waals surface area contributed by atoms with Crippen molar-refractivity contribution in [1.82, 2.24) is 9.80 Å². The molecule has 2 aromatic carbocycles. The number of fused-ring (bicyclic) bond motifs is 1. The maximum absolute atomic E-state index is 13.1. The Bertz CT molecular complexity index is 897. The van der Waals surface area contributed by atoms with E-state index in [4.69, 9.17) is 16.3 Å². The molecule has 2 heterocycles. The van der Waals surface area contributed by atoms with Crippen molar-refractivity contribution < 1.29 is 14.3 Å². The average molecular weight is 399 g/mol. The topological polar surface area (TPSA) is 49.9 Å². The van der Waals surface area contributed by atoms with Gasteiger partial charge in [0.1, 0.15) is 12.7 Å². The van der Waals surface area contributed by atoms with E-state index in [9.17, 15) is 9.59 Å². The number of likely N-dealkylation sites (tertiary alicyclic amines) is 1. The molecular weight excluding hydrogens is 376 g/mol. The molecule has 0 aliphatic carbocycles. The highest BCUT2D eigenvalue weighted by Gasteiger charge is 2.53. The van der Waals surface area contributed by atoms with Crippen LogP contribution in [0.5, 0.6) is 0 Å². The number of carbonyl (C=O) groups is 2. The molecule has 0 bridgehead atoms. The summed E-state index contributed by atoms with van der Waals surface area (Å²) >= 11 is 6.14. The van der Waals surface area contributed by atoms with E-state index in [-0.39, 0.29) is 24.5 Å². The van der Waals surface area contributed by atoms with Crippen LogP contribution in [0.3, 0.4) is 0 Å². The number of hydrogen-bond acceptors (Lipinski definition) is 3. The molecule has 4 rings (SSSR count). The highest BCUT2D eigenvalue weighted by Crippen LogP contribution is 2.42. The molecule has 2 aromatic rings. The zero-order valence-corrected chi connectivity index (χ0v) is 16.8. The molecule has 0 aromatic heterocycles. The number of hydrogen-bond donors (Lipinski definition) is 0. The summed E-state index contributed by atoms with van der Waals surface area (Å²) in [6.45, 7) is 2.92. The number of morpholine rings is 1. The van der Waals surface area contributed by atoms with Crippen molar-refractivity contribution in [3.63, 3.8) is 0 Å². The molecule has 0 unspecified atom stereocenters. The molecule has 0 radical (unpaired) electrons. The van der Waals surface area contributed by atoms with Crippen LogP contribution in [0.2, 0.25) is 5.02 Å². The largest absolute Gasteiger partial charge is 0.364 e. The molecule has 2 aliphatic heterocycles. The van der Waals surface area contributed by atoms with Crippen molar-refractivity contribution in [1.29, 1.82) is 0 Å². The van der Waals surface area contributed by atoms with Crippen LogP contribution in [-0.4, -0.2) is 54.5 Å². The van der Waals surface area contributed by atoms with Crippen molar-refractivity contribution in [2.45, 2.75) is 25.0 Å². The second-order valence-corrected chi connectivity index (χ2v) is 8.00. The molecule has 2 aliphatic rings. The number of rotatable bonds is 2. The summed E-state index contributed by atoms with van der Waals surface area (Å²) in [4.78, 5) is 29.2. The Morgan fingerprint density at radius 3 is 2.68 bits per heavy atom. The lowest BCUT2D eigenvalue weighted by molar-refractivity contribution is -0.180. The summed E-state index contributed by atoms with van der Waals surface area (Å²) in [6, 6.07) is 15.4. The molecule has 0 N–H and O–H groups in total. The standard InChI is InChI=1S/C22H23ClN2O3/c1-15-10-16(12-18(23)11-15)21(27)25-9-8-22(17-6-4-3-5-7-17)19(13-25)28-14-20(26)24(22)2/h3-7,10-12,19H,8-9,13-14H2,1-2H3/t19-,22+/m1/s1. The zero-order chi connectivity index (χ0) is 19.9. The van der Waals surface area contributed by atoms with Gasteiger partial charge in [-0.3, -0.25) is 9.59 Å². The molecule has 0 saturated carbocycles. The Kier molecular flexibility index (Phi) is 4.89. The molecule has 146 valence electrons. The minimum Gasteiger partial charge on any atom is -0.364 e. The van der Waals surface area contributed by atoms with Gasteiger partial charge in [0.05, 0.1) is 5.54 Å². The van der Waals surface area contributed by atoms with Gasteiger partial charge in [-0.15, -0.1) is 0 Å². The van der Waals surface area contributed by atoms with E-state index in [0.717, 1.165) is 11.1 Å². The van der Waals surface area contributed by atoms with E-state index in [1.54, 1.807) is 11.0 Å². The number of likely N-dealkylation sites (N-methyl/N-ethyl adjacent to an activating group) is 1. The van der Waals surface area contributed by atoms with Crippen molar-refractivity contribution >= 4 is 23.4 Å². The first-order chi connectivity index (χ1) is 13.4. The fourth-order valence-electron chi connectivity index (χ4n) is 4.45. The molecule has 6 heteroatoms. The first kappa shape index (κ1) is 19.0. The predicted molar refractivity (Wildman–Crippen MR) is 107 cm³/mol. The third kappa shape index (κ3) is 3.09. The molecule has 2 amide bonds. The van der Waals surface area contributed by atoms with Crippen molar-refractivity contribution in [3.8, 4) is 0 Å². The number of aryl methyl sites for hydroxylation is 1. The van der Waals surface area contributed by atoms with Crippen molar-refractivity contribution in [2.24, 2.45) is 0 Å². The second-order valence-electron chi connectivity index (χ2n) is 7.56. The number of amides is 2. The quantitative estimate of drug-likeness (QED) is 0.780. The van der Waals surface area contributed by atoms with E-state index >= 15 is 0 Å². The third-order valence-corrected chi connectivity index (χ3v) is 6.13. The van der Waals surface area contributed by atoms with Crippen LogP contribution in [-0.2, 0) is 15.1 Å². The fourth-order valence-corrected chi connectivity index (χ4v) is 4.74. The van der Waals surface area contributed by atoms with Gasteiger partial charge in [0.2, 0.25) is 5.91 Å². The number of ether oxygens (including phenoxy) is 1. The summed E-state index contributed by atoms with van der Waals surface area (Å²) in [5.74, 6) is -0.0965. The molecular formula is C22H23ClN2O3. The minimum absolute atomic E-state index is 0.0358. The number of benzene rings is 2. The monoisotopic (exact) mass is 398 g/mol. The van der Waals surface area contributed by atoms with Crippen LogP contribution < -0.4 is 0 Å². The molecule has 2 fully saturated rings. The summed E-state index contributed by atoms with van der Waals surface area (Å²) in [5, 5.41) is 0.554. The maximum atomic E-state index is 13.1. The summed E-state index contributed by atoms with van der Waals surface area (Å²) < 4.78 is 5.97. The Morgan fingerprint density at radius 1 is 1.21 bits per heavy atom. The number of halogens is 1. The zero-order valence-electron chi connectivity index (χ0n) is 16.0. The van der Waals surface area contributed by atoms with Gasteiger partial charge in [0, 0.05) is 30.7 Å². The molecule has 28 heavy (non-hydrogen) atoms. The molecule has 2 atom stereocenters. The van der Waals surface area contributed by atoms with Crippen LogP contribution in [0.15, 0.2) is 48.5 Å². The lowest BCUT2D eigenvalue weighted by atomic mass is 9.76. The Morgan fingerprint density at radius 2 is 1.96 bits per heavy atom. The normalized spacial score (nSPS) is 24.8. The second kappa shape index (κ2) is 7.22. The predicted octanol–water partition coefficient (Wildman–Crippen LogP) is 3.25. The van der Waals surface area contributed by atoms with E-state index in [2.05, 4.69) is 0 Å². The lowest BCUT2D eigenvalue weighted by Crippen LogP contribution is -2.67. The third-order valence-electron chi connectivity index (χ3n) is 5.91. The first-order valence-electron chi connectivity index (χ1n) is 9.42. The highest BCUT2D eigenvalue weighted by atomic mass is 35.5. The first-order valence-corrected chi connectivity index (χ1v) is 9.80. The number of carbonyl (C=O) groups excluding carboxylic acids is 2. The van der Waals surface area contributed by atoms with E-state index in [0.29, 0.717) is 30.1 Å². The summed E-state index contributed by atoms with van der Waals surface area (Å²) in [5.41, 5.74) is 2.02. The summed E-state index contributed by atoms with van der Waals surface area (Å²) in [6.07, 6.45) is 0.338. The van der Waals surface area contributed by atoms with E-state index in [1.807, 2.05) is 61.3 Å². The van der Waals surface area contributed by atoms with Crippen LogP contribution in [0.25, 0.3) is 0 Å². The van der Waals surface area contributed by atoms with Gasteiger partial charge in [-0.1, -0.05) is 41.9 Å². The van der Waals surface area contributed by atoms with Gasteiger partial charge in [-0.25, -0.2) is 0 Å². The Labute approximate surface area is 169 Å². The maximum Gasteiger partial charge on any atom is 0.254 e. The number of piperidine rings is 1. The Balaban J connectivity index is 1.65.